The van der Waals surface area contributed by atoms with Crippen LogP contribution >= 0.6 is 11.6 Å². The third-order valence-corrected chi connectivity index (χ3v) is 4.17. The number of halogens is 1. The van der Waals surface area contributed by atoms with E-state index >= 15 is 0 Å². The normalized spacial score (nSPS) is 11.7. The highest BCUT2D eigenvalue weighted by Gasteiger charge is 2.23. The summed E-state index contributed by atoms with van der Waals surface area (Å²) in [6, 6.07) is 10.0. The fraction of sp³-hybridized carbons (Fsp3) is 0.263. The highest BCUT2D eigenvalue weighted by atomic mass is 35.5. The van der Waals surface area contributed by atoms with Gasteiger partial charge in [0.1, 0.15) is 11.3 Å². The van der Waals surface area contributed by atoms with Crippen molar-refractivity contribution in [1.82, 2.24) is 0 Å². The van der Waals surface area contributed by atoms with Crippen molar-refractivity contribution >= 4 is 29.0 Å². The molecule has 1 atom stereocenters. The molecular weight excluding hydrogens is 342 g/mol. The highest BCUT2D eigenvalue weighted by Crippen LogP contribution is 2.29. The van der Waals surface area contributed by atoms with Crippen LogP contribution in [-0.2, 0) is 11.2 Å². The lowest BCUT2D eigenvalue weighted by molar-refractivity contribution is 0.0316. The molecule has 0 bridgehead atoms. The van der Waals surface area contributed by atoms with Gasteiger partial charge in [-0.25, -0.2) is 4.79 Å². The Labute approximate surface area is 151 Å². The molecule has 5 nitrogen and oxygen atoms in total. The van der Waals surface area contributed by atoms with Crippen LogP contribution in [0.25, 0.3) is 0 Å². The van der Waals surface area contributed by atoms with Gasteiger partial charge in [0.2, 0.25) is 5.78 Å². The molecule has 2 aromatic carbocycles. The first-order valence-electron chi connectivity index (χ1n) is 7.84. The van der Waals surface area contributed by atoms with Crippen LogP contribution in [0.5, 0.6) is 5.75 Å². The number of esters is 1. The molecule has 0 unspecified atom stereocenters. The summed E-state index contributed by atoms with van der Waals surface area (Å²) in [5.41, 5.74) is 7.71. The van der Waals surface area contributed by atoms with Crippen molar-refractivity contribution in [2.24, 2.45) is 0 Å². The minimum Gasteiger partial charge on any atom is -0.496 e. The van der Waals surface area contributed by atoms with Gasteiger partial charge in [-0.15, -0.1) is 0 Å². The molecule has 0 aliphatic carbocycles. The molecule has 0 spiro atoms. The SMILES string of the molecule is CCc1ccc(C(=O)[C@@H](C)OC(=O)c2cc(Cl)c(N)cc2OC)cc1. The maximum absolute atomic E-state index is 12.4. The molecule has 2 aromatic rings. The number of ether oxygens (including phenoxy) is 2. The first-order chi connectivity index (χ1) is 11.9. The Balaban J connectivity index is 2.16. The van der Waals surface area contributed by atoms with E-state index in [4.69, 9.17) is 26.8 Å². The second-order valence-electron chi connectivity index (χ2n) is 5.54. The van der Waals surface area contributed by atoms with Crippen molar-refractivity contribution in [2.75, 3.05) is 12.8 Å². The Hall–Kier alpha value is -2.53. The Bertz CT molecular complexity index is 787. The maximum atomic E-state index is 12.4. The predicted molar refractivity (Wildman–Crippen MR) is 97.4 cm³/mol. The van der Waals surface area contributed by atoms with Crippen molar-refractivity contribution in [3.05, 3.63) is 58.1 Å². The van der Waals surface area contributed by atoms with Gasteiger partial charge < -0.3 is 15.2 Å². The molecule has 0 aliphatic heterocycles. The van der Waals surface area contributed by atoms with Gasteiger partial charge in [-0.2, -0.15) is 0 Å². The van der Waals surface area contributed by atoms with Crippen molar-refractivity contribution in [2.45, 2.75) is 26.4 Å². The second-order valence-corrected chi connectivity index (χ2v) is 5.94. The van der Waals surface area contributed by atoms with Gasteiger partial charge in [-0.3, -0.25) is 4.79 Å². The van der Waals surface area contributed by atoms with Crippen LogP contribution in [0.2, 0.25) is 5.02 Å². The molecule has 132 valence electrons. The topological polar surface area (TPSA) is 78.6 Å². The molecule has 0 saturated carbocycles. The third kappa shape index (κ3) is 4.31. The number of aryl methyl sites for hydroxylation is 1. The first-order valence-corrected chi connectivity index (χ1v) is 8.22. The molecular formula is C19H20ClNO4. The quantitative estimate of drug-likeness (QED) is 0.479. The lowest BCUT2D eigenvalue weighted by Gasteiger charge is -2.15. The van der Waals surface area contributed by atoms with Crippen LogP contribution in [0.15, 0.2) is 36.4 Å². The van der Waals surface area contributed by atoms with Gasteiger partial charge >= 0.3 is 5.97 Å². The predicted octanol–water partition coefficient (Wildman–Crippen LogP) is 3.92. The number of methoxy groups -OCH3 is 1. The van der Waals surface area contributed by atoms with Crippen molar-refractivity contribution in [1.29, 1.82) is 0 Å². The molecule has 2 N–H and O–H groups in total. The summed E-state index contributed by atoms with van der Waals surface area (Å²) in [6.07, 6.45) is -0.0579. The van der Waals surface area contributed by atoms with Crippen LogP contribution in [0.4, 0.5) is 5.69 Å². The lowest BCUT2D eigenvalue weighted by Crippen LogP contribution is -2.24. The number of ketones is 1. The van der Waals surface area contributed by atoms with Crippen LogP contribution in [0, 0.1) is 0 Å². The van der Waals surface area contributed by atoms with Crippen LogP contribution in [0.3, 0.4) is 0 Å². The maximum Gasteiger partial charge on any atom is 0.342 e. The van der Waals surface area contributed by atoms with E-state index in [0.717, 1.165) is 12.0 Å². The molecule has 0 amide bonds. The summed E-state index contributed by atoms with van der Waals surface area (Å²) in [6.45, 7) is 3.56. The summed E-state index contributed by atoms with van der Waals surface area (Å²) < 4.78 is 10.4. The fourth-order valence-corrected chi connectivity index (χ4v) is 2.48. The summed E-state index contributed by atoms with van der Waals surface area (Å²) >= 11 is 5.96. The van der Waals surface area contributed by atoms with Crippen LogP contribution in [0.1, 0.15) is 40.1 Å². The molecule has 6 heteroatoms. The molecule has 0 aromatic heterocycles. The molecule has 0 radical (unpaired) electrons. The van der Waals surface area contributed by atoms with Gasteiger partial charge in [-0.05, 0) is 25.0 Å². The largest absolute Gasteiger partial charge is 0.496 e. The number of hydrogen-bond acceptors (Lipinski definition) is 5. The number of hydrogen-bond donors (Lipinski definition) is 1. The lowest BCUT2D eigenvalue weighted by atomic mass is 10.0. The molecule has 25 heavy (non-hydrogen) atoms. The van der Waals surface area contributed by atoms with Gasteiger partial charge in [0, 0.05) is 11.6 Å². The Morgan fingerprint density at radius 1 is 1.20 bits per heavy atom. The summed E-state index contributed by atoms with van der Waals surface area (Å²) in [4.78, 5) is 24.8. The summed E-state index contributed by atoms with van der Waals surface area (Å²) in [5.74, 6) is -0.750. The fourth-order valence-electron chi connectivity index (χ4n) is 2.31. The number of anilines is 1. The average Bonchev–Trinajstić information content (AvgIpc) is 2.62. The monoisotopic (exact) mass is 361 g/mol. The number of nitrogens with two attached hydrogens (primary N) is 1. The molecule has 2 rings (SSSR count). The smallest absolute Gasteiger partial charge is 0.342 e. The Morgan fingerprint density at radius 3 is 2.40 bits per heavy atom. The number of carbonyl (C=O) groups excluding carboxylic acids is 2. The van der Waals surface area contributed by atoms with Gasteiger partial charge in [-0.1, -0.05) is 42.8 Å². The van der Waals surface area contributed by atoms with E-state index in [0.29, 0.717) is 5.56 Å². The van der Waals surface area contributed by atoms with Crippen molar-refractivity contribution in [3.63, 3.8) is 0 Å². The summed E-state index contributed by atoms with van der Waals surface area (Å²) in [7, 11) is 1.41. The molecule has 0 aliphatic rings. The number of rotatable bonds is 6. The van der Waals surface area contributed by atoms with E-state index in [2.05, 4.69) is 0 Å². The van der Waals surface area contributed by atoms with Crippen LogP contribution < -0.4 is 10.5 Å². The minimum atomic E-state index is -0.944. The van der Waals surface area contributed by atoms with E-state index in [-0.39, 0.29) is 27.8 Å². The zero-order chi connectivity index (χ0) is 18.6. The Kier molecular flexibility index (Phi) is 6.04. The van der Waals surface area contributed by atoms with Crippen molar-refractivity contribution in [3.8, 4) is 5.75 Å². The molecule has 0 heterocycles. The molecule has 0 fully saturated rings. The summed E-state index contributed by atoms with van der Waals surface area (Å²) in [5, 5.41) is 0.210. The number of benzene rings is 2. The number of nitrogen functional groups attached to an aromatic ring is 1. The number of Topliss-reactive ketones (excluding diaryl/α,β-unsaturated/α-hetero) is 1. The standard InChI is InChI=1S/C19H20ClNO4/c1-4-12-5-7-13(8-6-12)18(22)11(2)25-19(23)14-9-15(20)16(21)10-17(14)24-3/h5-11H,4,21H2,1-3H3/t11-/m1/s1. The van der Waals surface area contributed by atoms with Gasteiger partial charge in [0.25, 0.3) is 0 Å². The zero-order valence-corrected chi connectivity index (χ0v) is 15.1. The van der Waals surface area contributed by atoms with E-state index in [1.165, 1.54) is 26.2 Å². The zero-order valence-electron chi connectivity index (χ0n) is 14.3. The van der Waals surface area contributed by atoms with Gasteiger partial charge in [0.15, 0.2) is 6.10 Å². The third-order valence-electron chi connectivity index (χ3n) is 3.84. The first kappa shape index (κ1) is 18.8. The number of carbonyl (C=O) groups is 2. The highest BCUT2D eigenvalue weighted by molar-refractivity contribution is 6.33. The van der Waals surface area contributed by atoms with E-state index in [9.17, 15) is 9.59 Å². The van der Waals surface area contributed by atoms with Crippen molar-refractivity contribution < 1.29 is 19.1 Å². The van der Waals surface area contributed by atoms with Crippen LogP contribution in [-0.4, -0.2) is 25.0 Å². The average molecular weight is 362 g/mol. The van der Waals surface area contributed by atoms with E-state index in [1.54, 1.807) is 12.1 Å². The Morgan fingerprint density at radius 2 is 1.84 bits per heavy atom. The molecule has 0 saturated heterocycles. The van der Waals surface area contributed by atoms with E-state index in [1.807, 2.05) is 19.1 Å². The van der Waals surface area contributed by atoms with E-state index < -0.39 is 12.1 Å². The van der Waals surface area contributed by atoms with Gasteiger partial charge in [0.05, 0.1) is 17.8 Å². The minimum absolute atomic E-state index is 0.114. The second kappa shape index (κ2) is 8.03.